The van der Waals surface area contributed by atoms with Crippen LogP contribution in [-0.2, 0) is 0 Å². The van der Waals surface area contributed by atoms with Gasteiger partial charge in [-0.1, -0.05) is 13.0 Å². The zero-order chi connectivity index (χ0) is 12.7. The summed E-state index contributed by atoms with van der Waals surface area (Å²) in [5.41, 5.74) is 1.11. The third-order valence-corrected chi connectivity index (χ3v) is 2.38. The second-order valence-corrected chi connectivity index (χ2v) is 3.93. The molecular weight excluding hydrogens is 218 g/mol. The zero-order valence-electron chi connectivity index (χ0n) is 10.7. The van der Waals surface area contributed by atoms with E-state index in [0.717, 1.165) is 12.1 Å². The molecule has 0 aromatic heterocycles. The molecule has 0 aliphatic carbocycles. The summed E-state index contributed by atoms with van der Waals surface area (Å²) in [4.78, 5) is 0. The highest BCUT2D eigenvalue weighted by atomic mass is 16.5. The van der Waals surface area contributed by atoms with Crippen molar-refractivity contribution in [3.8, 4) is 11.5 Å². The Morgan fingerprint density at radius 2 is 2.12 bits per heavy atom. The van der Waals surface area contributed by atoms with E-state index in [1.165, 1.54) is 0 Å². The van der Waals surface area contributed by atoms with Gasteiger partial charge in [0.15, 0.2) is 11.5 Å². The Hall–Kier alpha value is -1.26. The van der Waals surface area contributed by atoms with E-state index in [9.17, 15) is 5.11 Å². The summed E-state index contributed by atoms with van der Waals surface area (Å²) in [6, 6.07) is 5.72. The lowest BCUT2D eigenvalue weighted by Gasteiger charge is -2.15. The van der Waals surface area contributed by atoms with Gasteiger partial charge in [-0.15, -0.1) is 0 Å². The van der Waals surface area contributed by atoms with Gasteiger partial charge in [-0.2, -0.15) is 0 Å². The van der Waals surface area contributed by atoms with E-state index in [1.807, 2.05) is 32.0 Å². The van der Waals surface area contributed by atoms with Crippen LogP contribution >= 0.6 is 0 Å². The Labute approximate surface area is 103 Å². The van der Waals surface area contributed by atoms with Crippen LogP contribution < -0.4 is 14.8 Å². The molecule has 0 bridgehead atoms. The maximum Gasteiger partial charge on any atom is 0.161 e. The normalized spacial score (nSPS) is 12.2. The van der Waals surface area contributed by atoms with Gasteiger partial charge in [-0.3, -0.25) is 0 Å². The Bertz CT molecular complexity index is 341. The molecular formula is C13H21NO3. The van der Waals surface area contributed by atoms with Crippen LogP contribution in [0.1, 0.15) is 12.5 Å². The van der Waals surface area contributed by atoms with Crippen LogP contribution in [0.4, 0.5) is 0 Å². The van der Waals surface area contributed by atoms with E-state index in [-0.39, 0.29) is 6.61 Å². The van der Waals surface area contributed by atoms with E-state index in [2.05, 4.69) is 5.32 Å². The Morgan fingerprint density at radius 3 is 2.76 bits per heavy atom. The molecule has 4 heteroatoms. The molecule has 96 valence electrons. The topological polar surface area (TPSA) is 50.7 Å². The number of aryl methyl sites for hydroxylation is 1. The number of rotatable bonds is 7. The molecule has 0 saturated carbocycles. The molecule has 1 unspecified atom stereocenters. The molecule has 2 N–H and O–H groups in total. The van der Waals surface area contributed by atoms with Crippen molar-refractivity contribution in [2.45, 2.75) is 20.0 Å². The van der Waals surface area contributed by atoms with E-state index in [4.69, 9.17) is 9.47 Å². The number of hydrogen-bond acceptors (Lipinski definition) is 4. The van der Waals surface area contributed by atoms with Crippen LogP contribution in [-0.4, -0.2) is 38.0 Å². The van der Waals surface area contributed by atoms with E-state index in [0.29, 0.717) is 18.0 Å². The van der Waals surface area contributed by atoms with Crippen molar-refractivity contribution < 1.29 is 14.6 Å². The number of ether oxygens (including phenoxy) is 2. The van der Waals surface area contributed by atoms with Crippen LogP contribution in [0.25, 0.3) is 0 Å². The lowest BCUT2D eigenvalue weighted by atomic mass is 10.2. The van der Waals surface area contributed by atoms with Gasteiger partial charge in [0.1, 0.15) is 12.7 Å². The summed E-state index contributed by atoms with van der Waals surface area (Å²) < 4.78 is 10.7. The molecule has 0 aliphatic rings. The van der Waals surface area contributed by atoms with E-state index >= 15 is 0 Å². The van der Waals surface area contributed by atoms with Crippen molar-refractivity contribution in [3.63, 3.8) is 0 Å². The molecule has 0 aliphatic heterocycles. The second kappa shape index (κ2) is 7.14. The number of nitrogens with one attached hydrogen (secondary N) is 1. The second-order valence-electron chi connectivity index (χ2n) is 3.93. The van der Waals surface area contributed by atoms with E-state index in [1.54, 1.807) is 7.11 Å². The molecule has 1 aromatic rings. The largest absolute Gasteiger partial charge is 0.493 e. The van der Waals surface area contributed by atoms with Gasteiger partial charge in [0.2, 0.25) is 0 Å². The third kappa shape index (κ3) is 4.63. The number of aliphatic hydroxyl groups is 1. The zero-order valence-corrected chi connectivity index (χ0v) is 10.7. The summed E-state index contributed by atoms with van der Waals surface area (Å²) in [5, 5.41) is 12.7. The fourth-order valence-electron chi connectivity index (χ4n) is 1.45. The highest BCUT2D eigenvalue weighted by Gasteiger charge is 2.08. The minimum Gasteiger partial charge on any atom is -0.493 e. The van der Waals surface area contributed by atoms with Crippen molar-refractivity contribution in [3.05, 3.63) is 23.8 Å². The summed E-state index contributed by atoms with van der Waals surface area (Å²) in [6.45, 7) is 5.62. The molecule has 4 nitrogen and oxygen atoms in total. The summed E-state index contributed by atoms with van der Waals surface area (Å²) in [7, 11) is 1.61. The molecule has 0 saturated heterocycles. The monoisotopic (exact) mass is 239 g/mol. The van der Waals surface area contributed by atoms with Gasteiger partial charge in [-0.05, 0) is 31.2 Å². The SMILES string of the molecule is CCNCC(O)COc1ccc(C)cc1OC. The number of benzene rings is 1. The predicted molar refractivity (Wildman–Crippen MR) is 67.8 cm³/mol. The molecule has 1 aromatic carbocycles. The van der Waals surface area contributed by atoms with Crippen LogP contribution in [0.3, 0.4) is 0 Å². The lowest BCUT2D eigenvalue weighted by molar-refractivity contribution is 0.105. The molecule has 0 spiro atoms. The molecule has 0 radical (unpaired) electrons. The molecule has 1 rings (SSSR count). The fourth-order valence-corrected chi connectivity index (χ4v) is 1.45. The average molecular weight is 239 g/mol. The first kappa shape index (κ1) is 13.8. The van der Waals surface area contributed by atoms with Gasteiger partial charge in [0.05, 0.1) is 7.11 Å². The van der Waals surface area contributed by atoms with E-state index < -0.39 is 6.10 Å². The van der Waals surface area contributed by atoms with Crippen LogP contribution in [0.2, 0.25) is 0 Å². The quantitative estimate of drug-likeness (QED) is 0.754. The van der Waals surface area contributed by atoms with Gasteiger partial charge in [0.25, 0.3) is 0 Å². The number of hydrogen-bond donors (Lipinski definition) is 2. The third-order valence-electron chi connectivity index (χ3n) is 2.38. The summed E-state index contributed by atoms with van der Waals surface area (Å²) in [6.07, 6.45) is -0.513. The van der Waals surface area contributed by atoms with Crippen LogP contribution in [0, 0.1) is 6.92 Å². The minimum atomic E-state index is -0.513. The average Bonchev–Trinajstić information content (AvgIpc) is 2.34. The van der Waals surface area contributed by atoms with Gasteiger partial charge >= 0.3 is 0 Å². The highest BCUT2D eigenvalue weighted by Crippen LogP contribution is 2.27. The number of likely N-dealkylation sites (N-methyl/N-ethyl adjacent to an activating group) is 1. The standard InChI is InChI=1S/C13H21NO3/c1-4-14-8-11(15)9-17-12-6-5-10(2)7-13(12)16-3/h5-7,11,14-15H,4,8-9H2,1-3H3. The molecule has 17 heavy (non-hydrogen) atoms. The van der Waals surface area contributed by atoms with Crippen LogP contribution in [0.5, 0.6) is 11.5 Å². The first-order chi connectivity index (χ1) is 8.17. The predicted octanol–water partition coefficient (Wildman–Crippen LogP) is 1.35. The first-order valence-electron chi connectivity index (χ1n) is 5.83. The Morgan fingerprint density at radius 1 is 1.35 bits per heavy atom. The maximum atomic E-state index is 9.63. The first-order valence-corrected chi connectivity index (χ1v) is 5.83. The number of methoxy groups -OCH3 is 1. The maximum absolute atomic E-state index is 9.63. The van der Waals surface area contributed by atoms with Gasteiger partial charge < -0.3 is 19.9 Å². The van der Waals surface area contributed by atoms with Gasteiger partial charge in [0, 0.05) is 6.54 Å². The van der Waals surface area contributed by atoms with Crippen molar-refractivity contribution in [2.24, 2.45) is 0 Å². The van der Waals surface area contributed by atoms with Crippen molar-refractivity contribution in [1.82, 2.24) is 5.32 Å². The molecule has 0 amide bonds. The van der Waals surface area contributed by atoms with Crippen molar-refractivity contribution >= 4 is 0 Å². The Balaban J connectivity index is 2.50. The smallest absolute Gasteiger partial charge is 0.161 e. The van der Waals surface area contributed by atoms with Gasteiger partial charge in [-0.25, -0.2) is 0 Å². The molecule has 0 heterocycles. The highest BCUT2D eigenvalue weighted by molar-refractivity contribution is 5.42. The van der Waals surface area contributed by atoms with Crippen LogP contribution in [0.15, 0.2) is 18.2 Å². The van der Waals surface area contributed by atoms with Crippen molar-refractivity contribution in [1.29, 1.82) is 0 Å². The lowest BCUT2D eigenvalue weighted by Crippen LogP contribution is -2.31. The summed E-state index contributed by atoms with van der Waals surface area (Å²) in [5.74, 6) is 1.36. The number of aliphatic hydroxyl groups excluding tert-OH is 1. The Kier molecular flexibility index (Phi) is 5.80. The fraction of sp³-hybridized carbons (Fsp3) is 0.538. The summed E-state index contributed by atoms with van der Waals surface area (Å²) >= 11 is 0. The minimum absolute atomic E-state index is 0.256. The van der Waals surface area contributed by atoms with Crippen molar-refractivity contribution in [2.75, 3.05) is 26.8 Å². The molecule has 1 atom stereocenters. The molecule has 0 fully saturated rings.